The normalized spacial score (nSPS) is 10.1. The van der Waals surface area contributed by atoms with Crippen LogP contribution < -0.4 is 10.5 Å². The number of hydrogen-bond acceptors (Lipinski definition) is 3. The predicted octanol–water partition coefficient (Wildman–Crippen LogP) is 2.38. The van der Waals surface area contributed by atoms with Gasteiger partial charge in [0, 0.05) is 17.7 Å². The molecule has 0 saturated heterocycles. The highest BCUT2D eigenvalue weighted by molar-refractivity contribution is 6.09. The number of rotatable bonds is 4. The van der Waals surface area contributed by atoms with Crippen molar-refractivity contribution >= 4 is 5.78 Å². The minimum Gasteiger partial charge on any atom is -0.497 e. The third-order valence-corrected chi connectivity index (χ3v) is 2.78. The summed E-state index contributed by atoms with van der Waals surface area (Å²) in [7, 11) is 1.60. The van der Waals surface area contributed by atoms with E-state index in [1.807, 2.05) is 18.2 Å². The molecular weight excluding hydrogens is 226 g/mol. The van der Waals surface area contributed by atoms with E-state index in [2.05, 4.69) is 0 Å². The molecule has 0 amide bonds. The van der Waals surface area contributed by atoms with Crippen molar-refractivity contribution in [2.75, 3.05) is 7.11 Å². The standard InChI is InChI=1S/C15H15NO2/c1-18-14-7-5-12(6-8-14)15(17)13-4-2-3-11(9-13)10-16/h2-9H,10,16H2,1H3. The van der Waals surface area contributed by atoms with Crippen LogP contribution in [0.4, 0.5) is 0 Å². The van der Waals surface area contributed by atoms with Gasteiger partial charge in [0.1, 0.15) is 5.75 Å². The summed E-state index contributed by atoms with van der Waals surface area (Å²) in [6, 6.07) is 14.5. The van der Waals surface area contributed by atoms with Crippen LogP contribution in [0.1, 0.15) is 21.5 Å². The van der Waals surface area contributed by atoms with Gasteiger partial charge in [-0.3, -0.25) is 4.79 Å². The first-order chi connectivity index (χ1) is 8.74. The molecule has 2 rings (SSSR count). The van der Waals surface area contributed by atoms with E-state index in [-0.39, 0.29) is 5.78 Å². The van der Waals surface area contributed by atoms with E-state index in [9.17, 15) is 4.79 Å². The van der Waals surface area contributed by atoms with E-state index < -0.39 is 0 Å². The average Bonchev–Trinajstić information content (AvgIpc) is 2.46. The number of hydrogen-bond donors (Lipinski definition) is 1. The number of ether oxygens (including phenoxy) is 1. The number of carbonyl (C=O) groups is 1. The monoisotopic (exact) mass is 241 g/mol. The van der Waals surface area contributed by atoms with Gasteiger partial charge in [-0.05, 0) is 35.9 Å². The van der Waals surface area contributed by atoms with Crippen LogP contribution >= 0.6 is 0 Å². The van der Waals surface area contributed by atoms with E-state index in [4.69, 9.17) is 10.5 Å². The second kappa shape index (κ2) is 5.47. The fraction of sp³-hybridized carbons (Fsp3) is 0.133. The van der Waals surface area contributed by atoms with Crippen LogP contribution in [0, 0.1) is 0 Å². The quantitative estimate of drug-likeness (QED) is 0.836. The van der Waals surface area contributed by atoms with Gasteiger partial charge in [0.15, 0.2) is 5.78 Å². The molecule has 0 heterocycles. The Labute approximate surface area is 106 Å². The first-order valence-corrected chi connectivity index (χ1v) is 5.72. The van der Waals surface area contributed by atoms with E-state index in [1.165, 1.54) is 0 Å². The average molecular weight is 241 g/mol. The minimum atomic E-state index is -0.00652. The summed E-state index contributed by atoms with van der Waals surface area (Å²) in [4.78, 5) is 12.2. The fourth-order valence-electron chi connectivity index (χ4n) is 1.75. The molecule has 0 bridgehead atoms. The molecule has 0 aromatic heterocycles. The third kappa shape index (κ3) is 2.57. The lowest BCUT2D eigenvalue weighted by atomic mass is 10.0. The fourth-order valence-corrected chi connectivity index (χ4v) is 1.75. The highest BCUT2D eigenvalue weighted by Gasteiger charge is 2.09. The van der Waals surface area contributed by atoms with Crippen LogP contribution in [0.3, 0.4) is 0 Å². The van der Waals surface area contributed by atoms with Crippen LogP contribution in [-0.4, -0.2) is 12.9 Å². The Balaban J connectivity index is 2.29. The number of methoxy groups -OCH3 is 1. The first kappa shape index (κ1) is 12.3. The topological polar surface area (TPSA) is 52.3 Å². The maximum absolute atomic E-state index is 12.2. The molecule has 0 saturated carbocycles. The molecule has 0 fully saturated rings. The number of ketones is 1. The Bertz CT molecular complexity index is 547. The third-order valence-electron chi connectivity index (χ3n) is 2.78. The van der Waals surface area contributed by atoms with E-state index in [1.54, 1.807) is 37.4 Å². The van der Waals surface area contributed by atoms with Crippen molar-refractivity contribution < 1.29 is 9.53 Å². The molecule has 0 unspecified atom stereocenters. The summed E-state index contributed by atoms with van der Waals surface area (Å²) in [6.45, 7) is 0.434. The zero-order valence-corrected chi connectivity index (χ0v) is 10.2. The number of benzene rings is 2. The molecule has 92 valence electrons. The van der Waals surface area contributed by atoms with Gasteiger partial charge in [0.2, 0.25) is 0 Å². The van der Waals surface area contributed by atoms with Crippen molar-refractivity contribution in [2.24, 2.45) is 5.73 Å². The van der Waals surface area contributed by atoms with E-state index in [0.29, 0.717) is 17.7 Å². The summed E-state index contributed by atoms with van der Waals surface area (Å²) in [5.74, 6) is 0.732. The van der Waals surface area contributed by atoms with Crippen LogP contribution in [-0.2, 0) is 6.54 Å². The summed E-state index contributed by atoms with van der Waals surface area (Å²) >= 11 is 0. The van der Waals surface area contributed by atoms with Crippen molar-refractivity contribution in [3.63, 3.8) is 0 Å². The lowest BCUT2D eigenvalue weighted by Crippen LogP contribution is -2.03. The van der Waals surface area contributed by atoms with Crippen LogP contribution in [0.15, 0.2) is 48.5 Å². The second-order valence-electron chi connectivity index (χ2n) is 3.96. The van der Waals surface area contributed by atoms with Crippen LogP contribution in [0.2, 0.25) is 0 Å². The molecule has 2 aromatic rings. The molecule has 18 heavy (non-hydrogen) atoms. The van der Waals surface area contributed by atoms with Crippen molar-refractivity contribution in [1.82, 2.24) is 0 Å². The van der Waals surface area contributed by atoms with Gasteiger partial charge in [0.05, 0.1) is 7.11 Å². The highest BCUT2D eigenvalue weighted by Crippen LogP contribution is 2.15. The molecule has 2 N–H and O–H groups in total. The molecule has 2 aromatic carbocycles. The van der Waals surface area contributed by atoms with Crippen LogP contribution in [0.5, 0.6) is 5.75 Å². The lowest BCUT2D eigenvalue weighted by Gasteiger charge is -2.04. The Morgan fingerprint density at radius 1 is 1.11 bits per heavy atom. The van der Waals surface area contributed by atoms with Crippen LogP contribution in [0.25, 0.3) is 0 Å². The first-order valence-electron chi connectivity index (χ1n) is 5.72. The number of nitrogens with two attached hydrogens (primary N) is 1. The highest BCUT2D eigenvalue weighted by atomic mass is 16.5. The van der Waals surface area contributed by atoms with Crippen molar-refractivity contribution in [1.29, 1.82) is 0 Å². The Morgan fingerprint density at radius 2 is 1.83 bits per heavy atom. The number of carbonyl (C=O) groups excluding carboxylic acids is 1. The smallest absolute Gasteiger partial charge is 0.193 e. The zero-order valence-electron chi connectivity index (χ0n) is 10.2. The molecule has 0 aliphatic rings. The predicted molar refractivity (Wildman–Crippen MR) is 70.8 cm³/mol. The molecule has 0 radical (unpaired) electrons. The second-order valence-corrected chi connectivity index (χ2v) is 3.96. The Morgan fingerprint density at radius 3 is 2.44 bits per heavy atom. The van der Waals surface area contributed by atoms with Crippen molar-refractivity contribution in [3.8, 4) is 5.75 Å². The van der Waals surface area contributed by atoms with E-state index in [0.717, 1.165) is 11.3 Å². The molecule has 0 atom stereocenters. The molecule has 0 spiro atoms. The van der Waals surface area contributed by atoms with Crippen molar-refractivity contribution in [3.05, 3.63) is 65.2 Å². The van der Waals surface area contributed by atoms with Gasteiger partial charge in [-0.15, -0.1) is 0 Å². The van der Waals surface area contributed by atoms with Gasteiger partial charge in [-0.25, -0.2) is 0 Å². The Kier molecular flexibility index (Phi) is 3.75. The largest absolute Gasteiger partial charge is 0.497 e. The SMILES string of the molecule is COc1ccc(C(=O)c2cccc(CN)c2)cc1. The maximum atomic E-state index is 12.2. The molecule has 0 aliphatic heterocycles. The lowest BCUT2D eigenvalue weighted by molar-refractivity contribution is 0.103. The molecular formula is C15H15NO2. The summed E-state index contributed by atoms with van der Waals surface area (Å²) in [5.41, 5.74) is 7.82. The van der Waals surface area contributed by atoms with Gasteiger partial charge in [-0.1, -0.05) is 18.2 Å². The van der Waals surface area contributed by atoms with Gasteiger partial charge in [-0.2, -0.15) is 0 Å². The van der Waals surface area contributed by atoms with Gasteiger partial charge >= 0.3 is 0 Å². The van der Waals surface area contributed by atoms with E-state index >= 15 is 0 Å². The zero-order chi connectivity index (χ0) is 13.0. The molecule has 3 nitrogen and oxygen atoms in total. The molecule has 0 aliphatic carbocycles. The summed E-state index contributed by atoms with van der Waals surface area (Å²) < 4.78 is 5.06. The van der Waals surface area contributed by atoms with Crippen molar-refractivity contribution in [2.45, 2.75) is 6.54 Å². The Hall–Kier alpha value is -2.13. The van der Waals surface area contributed by atoms with Gasteiger partial charge in [0.25, 0.3) is 0 Å². The van der Waals surface area contributed by atoms with Gasteiger partial charge < -0.3 is 10.5 Å². The minimum absolute atomic E-state index is 0.00652. The summed E-state index contributed by atoms with van der Waals surface area (Å²) in [5, 5.41) is 0. The molecule has 3 heteroatoms. The maximum Gasteiger partial charge on any atom is 0.193 e. The summed E-state index contributed by atoms with van der Waals surface area (Å²) in [6.07, 6.45) is 0.